The van der Waals surface area contributed by atoms with Crippen LogP contribution in [-0.2, 0) is 0 Å². The molecular formula is C10H12Cl2F3N. The summed E-state index contributed by atoms with van der Waals surface area (Å²) >= 11 is 5.71. The van der Waals surface area contributed by atoms with Crippen LogP contribution in [0.5, 0.6) is 0 Å². The lowest BCUT2D eigenvalue weighted by molar-refractivity contribution is 0.128. The van der Waals surface area contributed by atoms with E-state index in [0.29, 0.717) is 5.56 Å². The Kier molecular flexibility index (Phi) is 6.15. The lowest BCUT2D eigenvalue weighted by atomic mass is 10.0. The average molecular weight is 274 g/mol. The van der Waals surface area contributed by atoms with Crippen molar-refractivity contribution in [3.8, 4) is 0 Å². The van der Waals surface area contributed by atoms with Crippen molar-refractivity contribution in [2.75, 3.05) is 0 Å². The topological polar surface area (TPSA) is 26.0 Å². The highest BCUT2D eigenvalue weighted by Gasteiger charge is 2.20. The summed E-state index contributed by atoms with van der Waals surface area (Å²) in [4.78, 5) is 0. The second kappa shape index (κ2) is 6.33. The van der Waals surface area contributed by atoms with Gasteiger partial charge in [0, 0.05) is 23.0 Å². The van der Waals surface area contributed by atoms with Gasteiger partial charge in [-0.15, -0.1) is 12.4 Å². The number of hydrogen-bond acceptors (Lipinski definition) is 1. The highest BCUT2D eigenvalue weighted by Crippen LogP contribution is 2.29. The molecule has 0 unspecified atom stereocenters. The van der Waals surface area contributed by atoms with Crippen LogP contribution in [0.4, 0.5) is 13.2 Å². The van der Waals surface area contributed by atoms with Gasteiger partial charge >= 0.3 is 0 Å². The Balaban J connectivity index is 0.00000225. The Labute approximate surface area is 103 Å². The Morgan fingerprint density at radius 1 is 1.38 bits per heavy atom. The largest absolute Gasteiger partial charge is 0.324 e. The molecule has 0 saturated heterocycles. The monoisotopic (exact) mass is 273 g/mol. The third-order valence-electron chi connectivity index (χ3n) is 2.12. The molecule has 0 aliphatic carbocycles. The first-order valence-electron chi connectivity index (χ1n) is 4.41. The summed E-state index contributed by atoms with van der Waals surface area (Å²) in [5.74, 6) is -0.601. The molecule has 0 fully saturated rings. The van der Waals surface area contributed by atoms with Crippen molar-refractivity contribution in [3.63, 3.8) is 0 Å². The minimum absolute atomic E-state index is 0. The predicted octanol–water partition coefficient (Wildman–Crippen LogP) is 3.86. The van der Waals surface area contributed by atoms with Gasteiger partial charge in [0.1, 0.15) is 5.82 Å². The molecule has 0 aliphatic rings. The van der Waals surface area contributed by atoms with E-state index in [1.165, 1.54) is 19.1 Å². The van der Waals surface area contributed by atoms with E-state index in [1.807, 2.05) is 0 Å². The fraction of sp³-hybridized carbons (Fsp3) is 0.400. The van der Waals surface area contributed by atoms with Crippen molar-refractivity contribution in [2.24, 2.45) is 5.73 Å². The molecule has 1 rings (SSSR count). The Morgan fingerprint density at radius 3 is 2.44 bits per heavy atom. The molecule has 1 nitrogen and oxygen atoms in total. The van der Waals surface area contributed by atoms with Crippen molar-refractivity contribution in [1.29, 1.82) is 0 Å². The van der Waals surface area contributed by atoms with Crippen LogP contribution in [0.3, 0.4) is 0 Å². The maximum Gasteiger partial charge on any atom is 0.240 e. The number of halogens is 5. The lowest BCUT2D eigenvalue weighted by Crippen LogP contribution is -2.16. The standard InChI is InChI=1S/C10H11ClF3N.ClH/c1-5-2-3-6(11)9(10(5)14)7(15)4-8(12)13;/h2-3,7-8H,4,15H2,1H3;1H/t7-;/m0./s1. The van der Waals surface area contributed by atoms with Gasteiger partial charge in [-0.2, -0.15) is 0 Å². The molecule has 1 aromatic carbocycles. The van der Waals surface area contributed by atoms with Gasteiger partial charge in [0.25, 0.3) is 0 Å². The minimum Gasteiger partial charge on any atom is -0.324 e. The van der Waals surface area contributed by atoms with Crippen LogP contribution in [0.15, 0.2) is 12.1 Å². The summed E-state index contributed by atoms with van der Waals surface area (Å²) in [7, 11) is 0. The Morgan fingerprint density at radius 2 is 1.94 bits per heavy atom. The third-order valence-corrected chi connectivity index (χ3v) is 2.45. The van der Waals surface area contributed by atoms with Crippen molar-refractivity contribution in [1.82, 2.24) is 0 Å². The quantitative estimate of drug-likeness (QED) is 0.889. The molecule has 92 valence electrons. The van der Waals surface area contributed by atoms with Crippen molar-refractivity contribution in [2.45, 2.75) is 25.8 Å². The fourth-order valence-corrected chi connectivity index (χ4v) is 1.61. The summed E-state index contributed by atoms with van der Waals surface area (Å²) in [5, 5.41) is 0.0891. The Hall–Kier alpha value is -0.450. The molecule has 0 aromatic heterocycles. The first-order chi connectivity index (χ1) is 6.93. The third kappa shape index (κ3) is 3.54. The number of aryl methyl sites for hydroxylation is 1. The van der Waals surface area contributed by atoms with Crippen LogP contribution in [0.2, 0.25) is 5.02 Å². The van der Waals surface area contributed by atoms with E-state index in [-0.39, 0.29) is 23.0 Å². The number of benzene rings is 1. The van der Waals surface area contributed by atoms with Gasteiger partial charge in [-0.1, -0.05) is 17.7 Å². The highest BCUT2D eigenvalue weighted by molar-refractivity contribution is 6.31. The highest BCUT2D eigenvalue weighted by atomic mass is 35.5. The fourth-order valence-electron chi connectivity index (χ4n) is 1.33. The van der Waals surface area contributed by atoms with Crippen LogP contribution >= 0.6 is 24.0 Å². The summed E-state index contributed by atoms with van der Waals surface area (Å²) in [5.41, 5.74) is 5.78. The molecule has 1 aromatic rings. The normalized spacial score (nSPS) is 12.4. The number of rotatable bonds is 3. The Bertz CT molecular complexity index is 358. The van der Waals surface area contributed by atoms with Crippen LogP contribution < -0.4 is 5.73 Å². The van der Waals surface area contributed by atoms with Crippen molar-refractivity contribution in [3.05, 3.63) is 34.1 Å². The zero-order chi connectivity index (χ0) is 11.6. The number of hydrogen-bond donors (Lipinski definition) is 1. The van der Waals surface area contributed by atoms with Gasteiger partial charge in [0.15, 0.2) is 0 Å². The van der Waals surface area contributed by atoms with E-state index in [0.717, 1.165) is 0 Å². The molecule has 16 heavy (non-hydrogen) atoms. The van der Waals surface area contributed by atoms with Gasteiger partial charge in [-0.3, -0.25) is 0 Å². The van der Waals surface area contributed by atoms with Gasteiger partial charge in [-0.05, 0) is 18.6 Å². The van der Waals surface area contributed by atoms with Crippen molar-refractivity contribution < 1.29 is 13.2 Å². The molecule has 0 spiro atoms. The smallest absolute Gasteiger partial charge is 0.240 e. The van der Waals surface area contributed by atoms with Gasteiger partial charge in [0.2, 0.25) is 6.43 Å². The molecule has 6 heteroatoms. The summed E-state index contributed by atoms with van der Waals surface area (Å²) in [6.45, 7) is 1.53. The van der Waals surface area contributed by atoms with E-state index >= 15 is 0 Å². The predicted molar refractivity (Wildman–Crippen MR) is 60.9 cm³/mol. The molecule has 0 amide bonds. The number of nitrogens with two attached hydrogens (primary N) is 1. The van der Waals surface area contributed by atoms with Crippen molar-refractivity contribution >= 4 is 24.0 Å². The van der Waals surface area contributed by atoms with E-state index < -0.39 is 24.7 Å². The van der Waals surface area contributed by atoms with E-state index in [2.05, 4.69) is 0 Å². The SMILES string of the molecule is Cc1ccc(Cl)c([C@@H](N)CC(F)F)c1F.Cl. The summed E-state index contributed by atoms with van der Waals surface area (Å²) < 4.78 is 37.7. The second-order valence-corrected chi connectivity index (χ2v) is 3.73. The maximum absolute atomic E-state index is 13.6. The zero-order valence-electron chi connectivity index (χ0n) is 8.51. The van der Waals surface area contributed by atoms with E-state index in [4.69, 9.17) is 17.3 Å². The van der Waals surface area contributed by atoms with Crippen LogP contribution in [-0.4, -0.2) is 6.43 Å². The second-order valence-electron chi connectivity index (χ2n) is 3.33. The first kappa shape index (κ1) is 15.6. The maximum atomic E-state index is 13.6. The molecule has 0 heterocycles. The molecular weight excluding hydrogens is 262 g/mol. The van der Waals surface area contributed by atoms with Gasteiger partial charge < -0.3 is 5.73 Å². The molecule has 2 N–H and O–H groups in total. The molecule has 0 bridgehead atoms. The molecule has 0 aliphatic heterocycles. The van der Waals surface area contributed by atoms with Crippen LogP contribution in [0.1, 0.15) is 23.6 Å². The molecule has 0 radical (unpaired) electrons. The minimum atomic E-state index is -2.57. The van der Waals surface area contributed by atoms with Crippen LogP contribution in [0.25, 0.3) is 0 Å². The van der Waals surface area contributed by atoms with Crippen LogP contribution in [0, 0.1) is 12.7 Å². The molecule has 0 saturated carbocycles. The van der Waals surface area contributed by atoms with E-state index in [1.54, 1.807) is 0 Å². The van der Waals surface area contributed by atoms with Gasteiger partial charge in [-0.25, -0.2) is 13.2 Å². The lowest BCUT2D eigenvalue weighted by Gasteiger charge is -2.15. The zero-order valence-corrected chi connectivity index (χ0v) is 10.1. The van der Waals surface area contributed by atoms with E-state index in [9.17, 15) is 13.2 Å². The van der Waals surface area contributed by atoms with Gasteiger partial charge in [0.05, 0.1) is 0 Å². The molecule has 1 atom stereocenters. The summed E-state index contributed by atoms with van der Waals surface area (Å²) in [6, 6.07) is 1.87. The average Bonchev–Trinajstić information content (AvgIpc) is 2.11. The first-order valence-corrected chi connectivity index (χ1v) is 4.79. The summed E-state index contributed by atoms with van der Waals surface area (Å²) in [6.07, 6.45) is -3.17. The number of alkyl halides is 2.